The summed E-state index contributed by atoms with van der Waals surface area (Å²) in [6, 6.07) is 4.51. The highest BCUT2D eigenvalue weighted by molar-refractivity contribution is 5.45. The summed E-state index contributed by atoms with van der Waals surface area (Å²) in [7, 11) is 0. The fraction of sp³-hybridized carbons (Fsp3) is 0.600. The van der Waals surface area contributed by atoms with E-state index < -0.39 is 0 Å². The van der Waals surface area contributed by atoms with E-state index in [0.29, 0.717) is 6.04 Å². The van der Waals surface area contributed by atoms with Gasteiger partial charge in [-0.25, -0.2) is 9.50 Å². The second-order valence-electron chi connectivity index (χ2n) is 5.50. The Morgan fingerprint density at radius 2 is 2.16 bits per heavy atom. The summed E-state index contributed by atoms with van der Waals surface area (Å²) in [5, 5.41) is 7.80. The van der Waals surface area contributed by atoms with E-state index in [4.69, 9.17) is 0 Å². The number of hydrogen-bond acceptors (Lipinski definition) is 3. The molecule has 0 radical (unpaired) electrons. The van der Waals surface area contributed by atoms with Crippen LogP contribution in [0.1, 0.15) is 45.4 Å². The molecule has 0 spiro atoms. The lowest BCUT2D eigenvalue weighted by Gasteiger charge is -2.30. The third-order valence-electron chi connectivity index (χ3n) is 4.25. The fourth-order valence-electron chi connectivity index (χ4n) is 3.17. The topological polar surface area (TPSA) is 42.2 Å². The highest BCUT2D eigenvalue weighted by Gasteiger charge is 2.22. The van der Waals surface area contributed by atoms with Gasteiger partial charge in [-0.15, -0.1) is 0 Å². The van der Waals surface area contributed by atoms with Gasteiger partial charge in [-0.3, -0.25) is 0 Å². The van der Waals surface area contributed by atoms with Crippen LogP contribution in [-0.4, -0.2) is 20.6 Å². The first-order chi connectivity index (χ1) is 9.36. The first kappa shape index (κ1) is 12.5. The molecular formula is C15H22N4. The summed E-state index contributed by atoms with van der Waals surface area (Å²) in [5.41, 5.74) is 0.906. The van der Waals surface area contributed by atoms with Crippen LogP contribution < -0.4 is 5.32 Å². The molecule has 4 heteroatoms. The number of anilines is 1. The van der Waals surface area contributed by atoms with Crippen LogP contribution in [0.15, 0.2) is 24.5 Å². The smallest absolute Gasteiger partial charge is 0.157 e. The molecule has 19 heavy (non-hydrogen) atoms. The molecule has 1 fully saturated rings. The molecule has 1 unspecified atom stereocenters. The molecule has 1 aliphatic carbocycles. The van der Waals surface area contributed by atoms with Crippen molar-refractivity contribution in [2.75, 3.05) is 5.32 Å². The zero-order valence-electron chi connectivity index (χ0n) is 11.5. The molecule has 0 amide bonds. The van der Waals surface area contributed by atoms with Crippen LogP contribution in [0.5, 0.6) is 0 Å². The van der Waals surface area contributed by atoms with Crippen molar-refractivity contribution in [3.8, 4) is 0 Å². The van der Waals surface area contributed by atoms with E-state index in [1.165, 1.54) is 32.1 Å². The molecule has 2 heterocycles. The number of nitrogens with zero attached hydrogens (tertiary/aromatic N) is 3. The minimum Gasteiger partial charge on any atom is -0.367 e. The minimum atomic E-state index is 0.554. The first-order valence-electron chi connectivity index (χ1n) is 7.44. The van der Waals surface area contributed by atoms with Crippen LogP contribution in [0, 0.1) is 5.92 Å². The molecule has 2 aromatic rings. The third-order valence-corrected chi connectivity index (χ3v) is 4.25. The lowest BCUT2D eigenvalue weighted by molar-refractivity contribution is 0.312. The Labute approximate surface area is 114 Å². The van der Waals surface area contributed by atoms with Crippen molar-refractivity contribution < 1.29 is 0 Å². The minimum absolute atomic E-state index is 0.554. The molecule has 4 nitrogen and oxygen atoms in total. The van der Waals surface area contributed by atoms with E-state index in [-0.39, 0.29) is 0 Å². The Bertz CT molecular complexity index is 528. The van der Waals surface area contributed by atoms with Crippen LogP contribution in [-0.2, 0) is 0 Å². The molecule has 0 aromatic carbocycles. The molecule has 0 saturated heterocycles. The summed E-state index contributed by atoms with van der Waals surface area (Å²) in [5.74, 6) is 1.78. The quantitative estimate of drug-likeness (QED) is 0.912. The summed E-state index contributed by atoms with van der Waals surface area (Å²) in [6.45, 7) is 2.27. The lowest BCUT2D eigenvalue weighted by Crippen LogP contribution is -2.30. The highest BCUT2D eigenvalue weighted by Crippen LogP contribution is 2.29. The van der Waals surface area contributed by atoms with Crippen LogP contribution in [0.25, 0.3) is 5.65 Å². The van der Waals surface area contributed by atoms with E-state index in [1.807, 2.05) is 18.3 Å². The average molecular weight is 258 g/mol. The molecule has 1 N–H and O–H groups in total. The number of fused-ring (bicyclic) bond motifs is 1. The summed E-state index contributed by atoms with van der Waals surface area (Å²) in [4.78, 5) is 4.61. The van der Waals surface area contributed by atoms with Crippen LogP contribution >= 0.6 is 0 Å². The molecule has 0 aliphatic heterocycles. The van der Waals surface area contributed by atoms with E-state index in [9.17, 15) is 0 Å². The highest BCUT2D eigenvalue weighted by atomic mass is 15.2. The van der Waals surface area contributed by atoms with Crippen molar-refractivity contribution in [3.05, 3.63) is 24.5 Å². The van der Waals surface area contributed by atoms with Gasteiger partial charge in [-0.05, 0) is 31.2 Å². The molecule has 1 aliphatic rings. The summed E-state index contributed by atoms with van der Waals surface area (Å²) < 4.78 is 1.80. The van der Waals surface area contributed by atoms with Gasteiger partial charge >= 0.3 is 0 Å². The summed E-state index contributed by atoms with van der Waals surface area (Å²) >= 11 is 0. The maximum absolute atomic E-state index is 4.61. The number of aromatic nitrogens is 3. The number of rotatable bonds is 4. The predicted octanol–water partition coefficient (Wildman–Crippen LogP) is 3.50. The molecule has 0 bridgehead atoms. The number of hydrogen-bond donors (Lipinski definition) is 1. The van der Waals surface area contributed by atoms with Crippen molar-refractivity contribution in [1.29, 1.82) is 0 Å². The molecular weight excluding hydrogens is 236 g/mol. The normalized spacial score (nSPS) is 18.6. The molecule has 1 saturated carbocycles. The van der Waals surface area contributed by atoms with Gasteiger partial charge in [0.25, 0.3) is 0 Å². The summed E-state index contributed by atoms with van der Waals surface area (Å²) in [6.07, 6.45) is 11.8. The van der Waals surface area contributed by atoms with Crippen molar-refractivity contribution in [1.82, 2.24) is 14.6 Å². The van der Waals surface area contributed by atoms with Gasteiger partial charge in [-0.1, -0.05) is 26.2 Å². The van der Waals surface area contributed by atoms with E-state index >= 15 is 0 Å². The van der Waals surface area contributed by atoms with Gasteiger partial charge in [-0.2, -0.15) is 5.10 Å². The van der Waals surface area contributed by atoms with Gasteiger partial charge in [0.1, 0.15) is 5.82 Å². The third kappa shape index (κ3) is 2.72. The molecule has 102 valence electrons. The van der Waals surface area contributed by atoms with Gasteiger partial charge in [0.05, 0.1) is 6.20 Å². The monoisotopic (exact) mass is 258 g/mol. The van der Waals surface area contributed by atoms with Crippen molar-refractivity contribution >= 4 is 11.5 Å². The maximum atomic E-state index is 4.61. The lowest BCUT2D eigenvalue weighted by atomic mass is 9.83. The molecule has 1 atom stereocenters. The zero-order chi connectivity index (χ0) is 13.1. The van der Waals surface area contributed by atoms with Crippen LogP contribution in [0.4, 0.5) is 5.82 Å². The van der Waals surface area contributed by atoms with Gasteiger partial charge < -0.3 is 5.32 Å². The SMILES string of the molecule is CCC(Nc1ccn2nccc2n1)C1CCCCC1. The van der Waals surface area contributed by atoms with Crippen molar-refractivity contribution in [3.63, 3.8) is 0 Å². The average Bonchev–Trinajstić information content (AvgIpc) is 2.93. The van der Waals surface area contributed by atoms with Gasteiger partial charge in [0.15, 0.2) is 5.65 Å². The van der Waals surface area contributed by atoms with Crippen molar-refractivity contribution in [2.45, 2.75) is 51.5 Å². The predicted molar refractivity (Wildman–Crippen MR) is 77.3 cm³/mol. The largest absolute Gasteiger partial charge is 0.367 e. The number of nitrogens with one attached hydrogen (secondary N) is 1. The zero-order valence-corrected chi connectivity index (χ0v) is 11.5. The van der Waals surface area contributed by atoms with E-state index in [1.54, 1.807) is 10.7 Å². The molecule has 3 rings (SSSR count). The van der Waals surface area contributed by atoms with E-state index in [2.05, 4.69) is 22.3 Å². The Morgan fingerprint density at radius 3 is 2.95 bits per heavy atom. The van der Waals surface area contributed by atoms with Crippen molar-refractivity contribution in [2.24, 2.45) is 5.92 Å². The van der Waals surface area contributed by atoms with Gasteiger partial charge in [0, 0.05) is 18.3 Å². The second kappa shape index (κ2) is 5.59. The van der Waals surface area contributed by atoms with Crippen LogP contribution in [0.2, 0.25) is 0 Å². The van der Waals surface area contributed by atoms with Crippen LogP contribution in [0.3, 0.4) is 0 Å². The maximum Gasteiger partial charge on any atom is 0.157 e. The van der Waals surface area contributed by atoms with Gasteiger partial charge in [0.2, 0.25) is 0 Å². The first-order valence-corrected chi connectivity index (χ1v) is 7.44. The van der Waals surface area contributed by atoms with E-state index in [0.717, 1.165) is 23.8 Å². The Kier molecular flexibility index (Phi) is 3.67. The second-order valence-corrected chi connectivity index (χ2v) is 5.50. The standard InChI is InChI=1S/C15H22N4/c1-2-13(12-6-4-3-5-7-12)17-14-9-11-19-15(18-14)8-10-16-19/h8-13H,2-7H2,1H3,(H,17,18). The Hall–Kier alpha value is -1.58. The Morgan fingerprint density at radius 1 is 1.32 bits per heavy atom. The molecule has 2 aromatic heterocycles. The fourth-order valence-corrected chi connectivity index (χ4v) is 3.17. The Balaban J connectivity index is 1.73.